The van der Waals surface area contributed by atoms with E-state index in [9.17, 15) is 4.79 Å². The monoisotopic (exact) mass is 324 g/mol. The molecule has 0 saturated carbocycles. The molecular weight excluding hydrogens is 308 g/mol. The summed E-state index contributed by atoms with van der Waals surface area (Å²) in [4.78, 5) is 18.4. The van der Waals surface area contributed by atoms with Gasteiger partial charge in [0.1, 0.15) is 18.6 Å². The van der Waals surface area contributed by atoms with E-state index in [4.69, 9.17) is 21.1 Å². The number of halogens is 1. The standard InChI is InChI=1S/C15H17ClN2O4/c1-20-12-5-7-13(8-6-12)22-15(19)18-9-3-4-11(10-18)14(16)17-21-2/h4-8H,3,9-10H2,1-2H3/b17-14-. The molecule has 2 rings (SSSR count). The topological polar surface area (TPSA) is 60.4 Å². The van der Waals surface area contributed by atoms with Crippen LogP contribution in [0.2, 0.25) is 0 Å². The summed E-state index contributed by atoms with van der Waals surface area (Å²) in [6.45, 7) is 0.899. The van der Waals surface area contributed by atoms with Crippen LogP contribution in [0.25, 0.3) is 0 Å². The molecule has 1 amide bonds. The SMILES string of the molecule is CO/N=C(\Cl)C1=CCCN(C(=O)Oc2ccc(OC)cc2)C1. The first-order valence-electron chi connectivity index (χ1n) is 6.71. The van der Waals surface area contributed by atoms with Crippen LogP contribution in [0.15, 0.2) is 41.1 Å². The number of amides is 1. The molecule has 1 aromatic rings. The minimum atomic E-state index is -0.433. The zero-order valence-electron chi connectivity index (χ0n) is 12.4. The molecule has 0 radical (unpaired) electrons. The molecule has 118 valence electrons. The summed E-state index contributed by atoms with van der Waals surface area (Å²) in [5, 5.41) is 3.91. The fraction of sp³-hybridized carbons (Fsp3) is 0.333. The third kappa shape index (κ3) is 4.14. The van der Waals surface area contributed by atoms with Crippen LogP contribution in [-0.4, -0.2) is 43.5 Å². The van der Waals surface area contributed by atoms with Crippen molar-refractivity contribution in [3.05, 3.63) is 35.9 Å². The Hall–Kier alpha value is -2.21. The number of carbonyl (C=O) groups excluding carboxylic acids is 1. The van der Waals surface area contributed by atoms with Gasteiger partial charge in [-0.15, -0.1) is 0 Å². The van der Waals surface area contributed by atoms with Crippen molar-refractivity contribution in [1.82, 2.24) is 4.90 Å². The van der Waals surface area contributed by atoms with Crippen LogP contribution >= 0.6 is 11.6 Å². The van der Waals surface area contributed by atoms with Crippen molar-refractivity contribution >= 4 is 22.9 Å². The number of hydrogen-bond donors (Lipinski definition) is 0. The zero-order valence-corrected chi connectivity index (χ0v) is 13.2. The molecule has 22 heavy (non-hydrogen) atoms. The molecule has 0 N–H and O–H groups in total. The van der Waals surface area contributed by atoms with Gasteiger partial charge in [-0.25, -0.2) is 4.79 Å². The molecule has 1 aliphatic rings. The average molecular weight is 325 g/mol. The number of carbonyl (C=O) groups is 1. The number of rotatable bonds is 4. The lowest BCUT2D eigenvalue weighted by Crippen LogP contribution is -2.38. The van der Waals surface area contributed by atoms with Gasteiger partial charge in [0.05, 0.1) is 13.7 Å². The number of ether oxygens (including phenoxy) is 2. The van der Waals surface area contributed by atoms with Gasteiger partial charge in [0, 0.05) is 12.1 Å². The Labute approximate surface area is 133 Å². The average Bonchev–Trinajstić information content (AvgIpc) is 2.56. The Bertz CT molecular complexity index is 584. The molecule has 0 aliphatic carbocycles. The first kappa shape index (κ1) is 16.2. The van der Waals surface area contributed by atoms with Gasteiger partial charge in [-0.3, -0.25) is 0 Å². The Morgan fingerprint density at radius 3 is 2.55 bits per heavy atom. The molecule has 1 aromatic carbocycles. The second-order valence-electron chi connectivity index (χ2n) is 4.55. The van der Waals surface area contributed by atoms with Crippen LogP contribution in [-0.2, 0) is 4.84 Å². The van der Waals surface area contributed by atoms with E-state index < -0.39 is 6.09 Å². The molecule has 0 fully saturated rings. The third-order valence-corrected chi connectivity index (χ3v) is 3.42. The number of benzene rings is 1. The van der Waals surface area contributed by atoms with Crippen LogP contribution in [0.4, 0.5) is 4.79 Å². The molecule has 0 saturated heterocycles. The van der Waals surface area contributed by atoms with Crippen molar-refractivity contribution in [2.45, 2.75) is 6.42 Å². The molecule has 0 aromatic heterocycles. The van der Waals surface area contributed by atoms with E-state index in [0.717, 1.165) is 5.57 Å². The van der Waals surface area contributed by atoms with E-state index >= 15 is 0 Å². The van der Waals surface area contributed by atoms with Gasteiger partial charge < -0.3 is 19.2 Å². The van der Waals surface area contributed by atoms with Crippen LogP contribution in [0, 0.1) is 0 Å². The van der Waals surface area contributed by atoms with Gasteiger partial charge in [0.2, 0.25) is 0 Å². The molecule has 0 unspecified atom stereocenters. The normalized spacial score (nSPS) is 15.1. The fourth-order valence-electron chi connectivity index (χ4n) is 2.00. The predicted molar refractivity (Wildman–Crippen MR) is 83.6 cm³/mol. The first-order valence-corrected chi connectivity index (χ1v) is 7.08. The quantitative estimate of drug-likeness (QED) is 0.631. The number of hydrogen-bond acceptors (Lipinski definition) is 5. The Balaban J connectivity index is 1.98. The first-order chi connectivity index (χ1) is 10.6. The highest BCUT2D eigenvalue weighted by Crippen LogP contribution is 2.19. The zero-order chi connectivity index (χ0) is 15.9. The van der Waals surface area contributed by atoms with Crippen LogP contribution in [0.1, 0.15) is 6.42 Å². The van der Waals surface area contributed by atoms with Gasteiger partial charge >= 0.3 is 6.09 Å². The van der Waals surface area contributed by atoms with Crippen molar-refractivity contribution in [2.75, 3.05) is 27.3 Å². The predicted octanol–water partition coefficient (Wildman–Crippen LogP) is 3.02. The maximum atomic E-state index is 12.2. The van der Waals surface area contributed by atoms with Crippen molar-refractivity contribution in [3.8, 4) is 11.5 Å². The summed E-state index contributed by atoms with van der Waals surface area (Å²) in [6.07, 6.45) is 2.18. The molecule has 0 spiro atoms. The molecule has 0 atom stereocenters. The summed E-state index contributed by atoms with van der Waals surface area (Å²) in [7, 11) is 3.00. The number of nitrogens with zero attached hydrogens (tertiary/aromatic N) is 2. The second kappa shape index (κ2) is 7.70. The largest absolute Gasteiger partial charge is 0.497 e. The summed E-state index contributed by atoms with van der Waals surface area (Å²) >= 11 is 5.99. The minimum Gasteiger partial charge on any atom is -0.497 e. The van der Waals surface area contributed by atoms with Crippen LogP contribution in [0.3, 0.4) is 0 Å². The van der Waals surface area contributed by atoms with Crippen molar-refractivity contribution in [2.24, 2.45) is 5.16 Å². The Kier molecular flexibility index (Phi) is 5.66. The fourth-order valence-corrected chi connectivity index (χ4v) is 2.20. The maximum absolute atomic E-state index is 12.2. The van der Waals surface area contributed by atoms with Gasteiger partial charge in [-0.05, 0) is 30.7 Å². The molecular formula is C15H17ClN2O4. The van der Waals surface area contributed by atoms with Crippen LogP contribution in [0.5, 0.6) is 11.5 Å². The van der Waals surface area contributed by atoms with Gasteiger partial charge in [-0.2, -0.15) is 0 Å². The van der Waals surface area contributed by atoms with E-state index in [1.165, 1.54) is 7.11 Å². The maximum Gasteiger partial charge on any atom is 0.415 e. The number of oxime groups is 1. The molecule has 1 aliphatic heterocycles. The lowest BCUT2D eigenvalue weighted by molar-refractivity contribution is 0.155. The smallest absolute Gasteiger partial charge is 0.415 e. The summed E-state index contributed by atoms with van der Waals surface area (Å²) < 4.78 is 10.4. The molecule has 7 heteroatoms. The summed E-state index contributed by atoms with van der Waals surface area (Å²) in [5.74, 6) is 1.16. The van der Waals surface area contributed by atoms with E-state index in [0.29, 0.717) is 31.0 Å². The van der Waals surface area contributed by atoms with E-state index in [2.05, 4.69) is 9.99 Å². The van der Waals surface area contributed by atoms with Crippen molar-refractivity contribution in [1.29, 1.82) is 0 Å². The molecule has 1 heterocycles. The highest BCUT2D eigenvalue weighted by atomic mass is 35.5. The van der Waals surface area contributed by atoms with Crippen molar-refractivity contribution < 1.29 is 19.1 Å². The van der Waals surface area contributed by atoms with E-state index in [-0.39, 0.29) is 5.17 Å². The van der Waals surface area contributed by atoms with E-state index in [1.54, 1.807) is 36.3 Å². The minimum absolute atomic E-state index is 0.240. The lowest BCUT2D eigenvalue weighted by atomic mass is 10.1. The summed E-state index contributed by atoms with van der Waals surface area (Å²) in [6, 6.07) is 6.81. The summed E-state index contributed by atoms with van der Waals surface area (Å²) in [5.41, 5.74) is 0.737. The van der Waals surface area contributed by atoms with Gasteiger partial charge in [0.25, 0.3) is 0 Å². The number of methoxy groups -OCH3 is 1. The molecule has 6 nitrogen and oxygen atoms in total. The van der Waals surface area contributed by atoms with Crippen LogP contribution < -0.4 is 9.47 Å². The Morgan fingerprint density at radius 1 is 1.23 bits per heavy atom. The highest BCUT2D eigenvalue weighted by Gasteiger charge is 2.22. The van der Waals surface area contributed by atoms with Gasteiger partial charge in [-0.1, -0.05) is 22.8 Å². The van der Waals surface area contributed by atoms with E-state index in [1.807, 2.05) is 6.08 Å². The second-order valence-corrected chi connectivity index (χ2v) is 4.91. The van der Waals surface area contributed by atoms with Crippen molar-refractivity contribution in [3.63, 3.8) is 0 Å². The van der Waals surface area contributed by atoms with Gasteiger partial charge in [0.15, 0.2) is 5.17 Å². The molecule has 0 bridgehead atoms. The highest BCUT2D eigenvalue weighted by molar-refractivity contribution is 6.69. The third-order valence-electron chi connectivity index (χ3n) is 3.11. The Morgan fingerprint density at radius 2 is 1.91 bits per heavy atom. The lowest BCUT2D eigenvalue weighted by Gasteiger charge is -2.25.